The fraction of sp³-hybridized carbons (Fsp3) is 0.105. The molecule has 1 aliphatic heterocycles. The molecule has 1 amide bonds. The Morgan fingerprint density at radius 1 is 1.19 bits per heavy atom. The minimum absolute atomic E-state index is 0.112. The lowest BCUT2D eigenvalue weighted by Crippen LogP contribution is -2.28. The van der Waals surface area contributed by atoms with E-state index < -0.39 is 0 Å². The smallest absolute Gasteiger partial charge is 0.237 e. The highest BCUT2D eigenvalue weighted by molar-refractivity contribution is 9.10. The lowest BCUT2D eigenvalue weighted by Gasteiger charge is -2.32. The summed E-state index contributed by atoms with van der Waals surface area (Å²) in [5.41, 5.74) is 4.51. The second kappa shape index (κ2) is 6.42. The monoisotopic (exact) mass is 409 g/mol. The molecule has 1 aromatic heterocycles. The molecule has 0 fully saturated rings. The van der Waals surface area contributed by atoms with E-state index in [4.69, 9.17) is 0 Å². The van der Waals surface area contributed by atoms with Crippen molar-refractivity contribution in [1.29, 1.82) is 0 Å². The van der Waals surface area contributed by atoms with Crippen LogP contribution in [0, 0.1) is 0 Å². The normalized spacial score (nSPS) is 12.5. The molecule has 0 aliphatic carbocycles. The summed E-state index contributed by atoms with van der Waals surface area (Å²) in [6, 6.07) is 15.8. The van der Waals surface area contributed by atoms with E-state index in [1.54, 1.807) is 0 Å². The van der Waals surface area contributed by atoms with Crippen LogP contribution in [-0.2, 0) is 11.3 Å². The van der Waals surface area contributed by atoms with Crippen molar-refractivity contribution in [1.82, 2.24) is 14.8 Å². The van der Waals surface area contributed by atoms with Crippen molar-refractivity contribution in [2.45, 2.75) is 13.5 Å². The fourth-order valence-corrected chi connectivity index (χ4v) is 3.51. The summed E-state index contributed by atoms with van der Waals surface area (Å²) in [4.78, 5) is 13.4. The molecule has 3 aromatic rings. The van der Waals surface area contributed by atoms with Gasteiger partial charge in [0.25, 0.3) is 0 Å². The summed E-state index contributed by atoms with van der Waals surface area (Å²) < 4.78 is 2.55. The highest BCUT2D eigenvalue weighted by Gasteiger charge is 2.29. The van der Waals surface area contributed by atoms with Crippen LogP contribution in [-0.4, -0.2) is 20.7 Å². The Labute approximate surface area is 159 Å². The van der Waals surface area contributed by atoms with Gasteiger partial charge in [0, 0.05) is 23.9 Å². The van der Waals surface area contributed by atoms with Crippen molar-refractivity contribution in [2.75, 3.05) is 10.2 Å². The quantitative estimate of drug-likeness (QED) is 0.710. The van der Waals surface area contributed by atoms with E-state index in [0.717, 1.165) is 28.2 Å². The van der Waals surface area contributed by atoms with Crippen molar-refractivity contribution in [2.24, 2.45) is 0 Å². The molecule has 0 radical (unpaired) electrons. The van der Waals surface area contributed by atoms with E-state index >= 15 is 0 Å². The molecule has 0 bridgehead atoms. The fourth-order valence-electron chi connectivity index (χ4n) is 3.08. The molecule has 2 aromatic carbocycles. The van der Waals surface area contributed by atoms with Crippen molar-refractivity contribution in [3.8, 4) is 5.69 Å². The van der Waals surface area contributed by atoms with Gasteiger partial charge in [-0.2, -0.15) is 0 Å². The van der Waals surface area contributed by atoms with Crippen molar-refractivity contribution in [3.05, 3.63) is 71.0 Å². The second-order valence-corrected chi connectivity index (χ2v) is 6.75. The van der Waals surface area contributed by atoms with Gasteiger partial charge in [-0.25, -0.2) is 0 Å². The number of benzene rings is 2. The number of aromatic nitrogens is 3. The summed E-state index contributed by atoms with van der Waals surface area (Å²) in [6.07, 6.45) is 0. The first kappa shape index (κ1) is 16.5. The number of amides is 1. The minimum Gasteiger partial charge on any atom is -0.326 e. The first-order valence-electron chi connectivity index (χ1n) is 8.08. The maximum atomic E-state index is 11.4. The van der Waals surface area contributed by atoms with Crippen molar-refractivity contribution in [3.63, 3.8) is 0 Å². The Bertz CT molecular complexity index is 1010. The Morgan fingerprint density at radius 2 is 1.96 bits per heavy atom. The number of halogens is 1. The van der Waals surface area contributed by atoms with Gasteiger partial charge in [-0.1, -0.05) is 36.9 Å². The molecule has 0 spiro atoms. The average Bonchev–Trinajstić information content (AvgIpc) is 3.01. The number of carbonyl (C=O) groups is 1. The molecular weight excluding hydrogens is 394 g/mol. The molecule has 2 heterocycles. The number of hydrogen-bond acceptors (Lipinski definition) is 4. The van der Waals surface area contributed by atoms with E-state index in [9.17, 15) is 4.79 Å². The molecule has 6 nitrogen and oxygen atoms in total. The summed E-state index contributed by atoms with van der Waals surface area (Å²) in [6.45, 7) is 6.39. The molecule has 1 N–H and O–H groups in total. The predicted octanol–water partition coefficient (Wildman–Crippen LogP) is 3.98. The third-order valence-corrected chi connectivity index (χ3v) is 4.74. The Hall–Kier alpha value is -2.93. The van der Waals surface area contributed by atoms with Crippen LogP contribution in [0.1, 0.15) is 18.1 Å². The second-order valence-electron chi connectivity index (χ2n) is 6.04. The van der Waals surface area contributed by atoms with Gasteiger partial charge in [0.05, 0.1) is 12.2 Å². The molecule has 4 rings (SSSR count). The van der Waals surface area contributed by atoms with E-state index in [1.807, 2.05) is 45.9 Å². The zero-order valence-corrected chi connectivity index (χ0v) is 15.7. The first-order chi connectivity index (χ1) is 12.5. The average molecular weight is 410 g/mol. The van der Waals surface area contributed by atoms with Crippen LogP contribution in [0.25, 0.3) is 11.4 Å². The summed E-state index contributed by atoms with van der Waals surface area (Å²) in [5, 5.41) is 11.3. The van der Waals surface area contributed by atoms with Crippen LogP contribution < -0.4 is 10.2 Å². The SMILES string of the molecule is C=C1c2cc(NC(C)=O)ccc2-n2c(Br)nnc2N1Cc1ccccc1. The molecule has 0 atom stereocenters. The van der Waals surface area contributed by atoms with Crippen LogP contribution in [0.3, 0.4) is 0 Å². The zero-order valence-electron chi connectivity index (χ0n) is 14.1. The minimum atomic E-state index is -0.112. The predicted molar refractivity (Wildman–Crippen MR) is 105 cm³/mol. The lowest BCUT2D eigenvalue weighted by molar-refractivity contribution is -0.114. The van der Waals surface area contributed by atoms with E-state index in [1.165, 1.54) is 6.92 Å². The van der Waals surface area contributed by atoms with E-state index in [-0.39, 0.29) is 5.91 Å². The van der Waals surface area contributed by atoms with Crippen LogP contribution in [0.2, 0.25) is 0 Å². The largest absolute Gasteiger partial charge is 0.326 e. The first-order valence-corrected chi connectivity index (χ1v) is 8.87. The maximum absolute atomic E-state index is 11.4. The molecule has 0 saturated carbocycles. The topological polar surface area (TPSA) is 63.1 Å². The summed E-state index contributed by atoms with van der Waals surface area (Å²) in [5.74, 6) is 0.587. The highest BCUT2D eigenvalue weighted by Crippen LogP contribution is 2.39. The number of carbonyl (C=O) groups excluding carboxylic acids is 1. The summed E-state index contributed by atoms with van der Waals surface area (Å²) >= 11 is 3.48. The number of nitrogens with one attached hydrogen (secondary N) is 1. The Morgan fingerprint density at radius 3 is 2.69 bits per heavy atom. The van der Waals surface area contributed by atoms with Crippen LogP contribution >= 0.6 is 15.9 Å². The van der Waals surface area contributed by atoms with Gasteiger partial charge in [0.1, 0.15) is 0 Å². The van der Waals surface area contributed by atoms with Crippen molar-refractivity contribution >= 4 is 39.2 Å². The maximum Gasteiger partial charge on any atom is 0.237 e. The Kier molecular flexibility index (Phi) is 4.08. The standard InChI is InChI=1S/C19H16BrN5O/c1-12-16-10-15(21-13(2)26)8-9-17(16)25-18(20)22-23-19(25)24(12)11-14-6-4-3-5-7-14/h3-10H,1,11H2,2H3,(H,21,26). The van der Waals surface area contributed by atoms with E-state index in [2.05, 4.69) is 50.2 Å². The molecule has 1 aliphatic rings. The molecule has 26 heavy (non-hydrogen) atoms. The molecule has 0 saturated heterocycles. The number of rotatable bonds is 3. The molecule has 7 heteroatoms. The number of fused-ring (bicyclic) bond motifs is 3. The number of nitrogens with zero attached hydrogens (tertiary/aromatic N) is 4. The zero-order chi connectivity index (χ0) is 18.3. The van der Waals surface area contributed by atoms with Gasteiger partial charge in [-0.15, -0.1) is 10.2 Å². The summed E-state index contributed by atoms with van der Waals surface area (Å²) in [7, 11) is 0. The molecule has 0 unspecified atom stereocenters. The van der Waals surface area contributed by atoms with Gasteiger partial charge in [-0.3, -0.25) is 9.36 Å². The van der Waals surface area contributed by atoms with Gasteiger partial charge < -0.3 is 10.2 Å². The third-order valence-electron chi connectivity index (χ3n) is 4.23. The Balaban J connectivity index is 1.82. The van der Waals surface area contributed by atoms with Gasteiger partial charge in [0.15, 0.2) is 0 Å². The van der Waals surface area contributed by atoms with Gasteiger partial charge >= 0.3 is 0 Å². The van der Waals surface area contributed by atoms with Gasteiger partial charge in [-0.05, 0) is 39.7 Å². The third kappa shape index (κ3) is 2.80. The number of hydrogen-bond donors (Lipinski definition) is 1. The van der Waals surface area contributed by atoms with Crippen LogP contribution in [0.5, 0.6) is 0 Å². The van der Waals surface area contributed by atoms with Crippen LogP contribution in [0.15, 0.2) is 59.8 Å². The van der Waals surface area contributed by atoms with Gasteiger partial charge in [0.2, 0.25) is 16.6 Å². The molecular formula is C19H16BrN5O. The van der Waals surface area contributed by atoms with Crippen LogP contribution in [0.4, 0.5) is 11.6 Å². The highest BCUT2D eigenvalue weighted by atomic mass is 79.9. The van der Waals surface area contributed by atoms with E-state index in [0.29, 0.717) is 17.2 Å². The molecule has 130 valence electrons. The number of anilines is 2. The van der Waals surface area contributed by atoms with Crippen molar-refractivity contribution < 1.29 is 4.79 Å². The lowest BCUT2D eigenvalue weighted by atomic mass is 10.0.